The molecule has 31 heavy (non-hydrogen) atoms. The average Bonchev–Trinajstić information content (AvgIpc) is 2.86. The van der Waals surface area contributed by atoms with Gasteiger partial charge in [-0.3, -0.25) is 0 Å². The summed E-state index contributed by atoms with van der Waals surface area (Å²) in [6.07, 6.45) is 0. The van der Waals surface area contributed by atoms with Crippen LogP contribution >= 0.6 is 0 Å². The minimum Gasteiger partial charge on any atom is -0.0686 e. The van der Waals surface area contributed by atoms with Gasteiger partial charge in [-0.05, 0) is 22.3 Å². The molecule has 0 heterocycles. The number of hydrogen-bond acceptors (Lipinski definition) is 0. The highest BCUT2D eigenvalue weighted by Gasteiger charge is 2.26. The molecule has 5 rings (SSSR count). The minimum atomic E-state index is 0.154. The van der Waals surface area contributed by atoms with Crippen molar-refractivity contribution in [2.75, 3.05) is 0 Å². The van der Waals surface area contributed by atoms with Gasteiger partial charge in [0.1, 0.15) is 0 Å². The smallest absolute Gasteiger partial charge is 0.0686 e. The molecule has 0 saturated carbocycles. The second kappa shape index (κ2) is 8.89. The largest absolute Gasteiger partial charge is 0.242 e. The van der Waals surface area contributed by atoms with Crippen LogP contribution in [-0.4, -0.2) is 6.71 Å². The lowest BCUT2D eigenvalue weighted by Crippen LogP contribution is -2.52. The Morgan fingerprint density at radius 3 is 1.32 bits per heavy atom. The first-order chi connectivity index (χ1) is 15.4. The number of hydrogen-bond donors (Lipinski definition) is 0. The average molecular weight is 394 g/mol. The Labute approximate surface area is 184 Å². The molecule has 0 aromatic heterocycles. The maximum atomic E-state index is 2.29. The molecule has 0 aliphatic heterocycles. The van der Waals surface area contributed by atoms with Crippen LogP contribution in [-0.2, 0) is 0 Å². The molecule has 0 aliphatic rings. The van der Waals surface area contributed by atoms with Crippen LogP contribution in [0.2, 0.25) is 0 Å². The highest BCUT2D eigenvalue weighted by Crippen LogP contribution is 2.31. The first-order valence-corrected chi connectivity index (χ1v) is 10.8. The SMILES string of the molecule is c1ccc(B(c2ccccc2)c2cccc(-c3ccccc3)c2-c2ccccc2)cc1. The van der Waals surface area contributed by atoms with E-state index in [9.17, 15) is 0 Å². The van der Waals surface area contributed by atoms with Crippen molar-refractivity contribution in [2.24, 2.45) is 0 Å². The maximum Gasteiger partial charge on any atom is 0.242 e. The monoisotopic (exact) mass is 394 g/mol. The second-order valence-corrected chi connectivity index (χ2v) is 7.76. The lowest BCUT2D eigenvalue weighted by Gasteiger charge is -2.22. The van der Waals surface area contributed by atoms with Crippen LogP contribution in [0.4, 0.5) is 0 Å². The van der Waals surface area contributed by atoms with Gasteiger partial charge in [-0.2, -0.15) is 0 Å². The molecule has 1 heteroatoms. The third-order valence-electron chi connectivity index (χ3n) is 5.82. The van der Waals surface area contributed by atoms with Gasteiger partial charge in [-0.25, -0.2) is 0 Å². The van der Waals surface area contributed by atoms with Gasteiger partial charge in [0.2, 0.25) is 6.71 Å². The van der Waals surface area contributed by atoms with E-state index in [0.717, 1.165) is 0 Å². The summed E-state index contributed by atoms with van der Waals surface area (Å²) in [5.74, 6) is 0. The summed E-state index contributed by atoms with van der Waals surface area (Å²) in [6, 6.07) is 49.9. The van der Waals surface area contributed by atoms with E-state index in [1.807, 2.05) is 0 Å². The molecule has 0 fully saturated rings. The van der Waals surface area contributed by atoms with Gasteiger partial charge >= 0.3 is 0 Å². The molecular weight excluding hydrogens is 371 g/mol. The van der Waals surface area contributed by atoms with Gasteiger partial charge in [0, 0.05) is 0 Å². The van der Waals surface area contributed by atoms with Crippen LogP contribution in [0.3, 0.4) is 0 Å². The molecule has 0 N–H and O–H groups in total. The zero-order valence-electron chi connectivity index (χ0n) is 17.4. The molecule has 0 radical (unpaired) electrons. The Bertz CT molecular complexity index is 1210. The van der Waals surface area contributed by atoms with Crippen molar-refractivity contribution in [3.8, 4) is 22.3 Å². The van der Waals surface area contributed by atoms with Crippen LogP contribution in [0, 0.1) is 0 Å². The fraction of sp³-hybridized carbons (Fsp3) is 0. The number of rotatable bonds is 5. The fourth-order valence-corrected chi connectivity index (χ4v) is 4.44. The summed E-state index contributed by atoms with van der Waals surface area (Å²) in [6.45, 7) is 0.154. The Morgan fingerprint density at radius 2 is 0.806 bits per heavy atom. The van der Waals surface area contributed by atoms with Gasteiger partial charge in [-0.15, -0.1) is 0 Å². The zero-order chi connectivity index (χ0) is 20.9. The third kappa shape index (κ3) is 3.95. The van der Waals surface area contributed by atoms with E-state index in [1.165, 1.54) is 38.6 Å². The van der Waals surface area contributed by atoms with E-state index in [1.54, 1.807) is 0 Å². The molecule has 0 atom stereocenters. The highest BCUT2D eigenvalue weighted by molar-refractivity contribution is 6.96. The Hall–Kier alpha value is -3.84. The standard InChI is InChI=1S/C30H23B/c1-5-14-24(15-6-1)28-22-13-23-29(30(28)25-16-7-2-8-17-25)31(26-18-9-3-10-19-26)27-20-11-4-12-21-27/h1-23H. The molecule has 0 nitrogen and oxygen atoms in total. The molecular formula is C30H23B. The Kier molecular flexibility index (Phi) is 5.49. The van der Waals surface area contributed by atoms with Crippen LogP contribution in [0.5, 0.6) is 0 Å². The van der Waals surface area contributed by atoms with Crippen LogP contribution in [0.25, 0.3) is 22.3 Å². The molecule has 0 saturated heterocycles. The van der Waals surface area contributed by atoms with E-state index in [0.29, 0.717) is 0 Å². The highest BCUT2D eigenvalue weighted by atomic mass is 14.1. The predicted molar refractivity (Wildman–Crippen MR) is 135 cm³/mol. The summed E-state index contributed by atoms with van der Waals surface area (Å²) in [5, 5.41) is 0. The molecule has 0 aliphatic carbocycles. The van der Waals surface area contributed by atoms with E-state index in [4.69, 9.17) is 0 Å². The molecule has 0 bridgehead atoms. The van der Waals surface area contributed by atoms with Gasteiger partial charge in [-0.1, -0.05) is 156 Å². The first kappa shape index (κ1) is 19.1. The molecule has 5 aromatic rings. The Morgan fingerprint density at radius 1 is 0.355 bits per heavy atom. The molecule has 5 aromatic carbocycles. The first-order valence-electron chi connectivity index (χ1n) is 10.8. The topological polar surface area (TPSA) is 0 Å². The van der Waals surface area contributed by atoms with Crippen molar-refractivity contribution in [3.05, 3.63) is 140 Å². The third-order valence-corrected chi connectivity index (χ3v) is 5.82. The normalized spacial score (nSPS) is 10.6. The van der Waals surface area contributed by atoms with Crippen LogP contribution in [0.15, 0.2) is 140 Å². The van der Waals surface area contributed by atoms with Gasteiger partial charge in [0.15, 0.2) is 0 Å². The molecule has 0 spiro atoms. The van der Waals surface area contributed by atoms with E-state index in [-0.39, 0.29) is 6.71 Å². The minimum absolute atomic E-state index is 0.154. The summed E-state index contributed by atoms with van der Waals surface area (Å²) < 4.78 is 0. The summed E-state index contributed by atoms with van der Waals surface area (Å²) in [4.78, 5) is 0. The fourth-order valence-electron chi connectivity index (χ4n) is 4.44. The lowest BCUT2D eigenvalue weighted by atomic mass is 9.36. The van der Waals surface area contributed by atoms with Crippen LogP contribution in [0.1, 0.15) is 0 Å². The van der Waals surface area contributed by atoms with Crippen molar-refractivity contribution in [2.45, 2.75) is 0 Å². The number of benzene rings is 5. The van der Waals surface area contributed by atoms with Gasteiger partial charge in [0.25, 0.3) is 0 Å². The van der Waals surface area contributed by atoms with E-state index < -0.39 is 0 Å². The van der Waals surface area contributed by atoms with Gasteiger partial charge < -0.3 is 0 Å². The van der Waals surface area contributed by atoms with Gasteiger partial charge in [0.05, 0.1) is 0 Å². The van der Waals surface area contributed by atoms with Crippen molar-refractivity contribution in [1.82, 2.24) is 0 Å². The predicted octanol–water partition coefficient (Wildman–Crippen LogP) is 5.54. The zero-order valence-corrected chi connectivity index (χ0v) is 17.4. The van der Waals surface area contributed by atoms with Crippen molar-refractivity contribution < 1.29 is 0 Å². The quantitative estimate of drug-likeness (QED) is 0.344. The maximum absolute atomic E-state index is 2.29. The second-order valence-electron chi connectivity index (χ2n) is 7.76. The van der Waals surface area contributed by atoms with E-state index >= 15 is 0 Å². The molecule has 0 amide bonds. The van der Waals surface area contributed by atoms with Crippen molar-refractivity contribution in [3.63, 3.8) is 0 Å². The molecule has 146 valence electrons. The Balaban J connectivity index is 1.82. The van der Waals surface area contributed by atoms with Crippen molar-refractivity contribution >= 4 is 23.1 Å². The van der Waals surface area contributed by atoms with E-state index in [2.05, 4.69) is 140 Å². The van der Waals surface area contributed by atoms with Crippen LogP contribution < -0.4 is 16.4 Å². The summed E-state index contributed by atoms with van der Waals surface area (Å²) in [7, 11) is 0. The summed E-state index contributed by atoms with van der Waals surface area (Å²) in [5.41, 5.74) is 8.97. The summed E-state index contributed by atoms with van der Waals surface area (Å²) >= 11 is 0. The molecule has 0 unspecified atom stereocenters. The lowest BCUT2D eigenvalue weighted by molar-refractivity contribution is 1.60. The van der Waals surface area contributed by atoms with Crippen molar-refractivity contribution in [1.29, 1.82) is 0 Å².